The minimum atomic E-state index is 0.241. The van der Waals surface area contributed by atoms with Gasteiger partial charge in [0.2, 0.25) is 0 Å². The van der Waals surface area contributed by atoms with E-state index in [0.717, 1.165) is 25.1 Å². The lowest BCUT2D eigenvalue weighted by molar-refractivity contribution is 0.0776. The molecule has 0 bridgehead atoms. The third-order valence-corrected chi connectivity index (χ3v) is 9.16. The van der Waals surface area contributed by atoms with Gasteiger partial charge in [-0.2, -0.15) is 0 Å². The van der Waals surface area contributed by atoms with Crippen LogP contribution in [0.25, 0.3) is 19.5 Å². The Labute approximate surface area is 186 Å². The van der Waals surface area contributed by atoms with Crippen LogP contribution in [0.5, 0.6) is 0 Å². The van der Waals surface area contributed by atoms with E-state index >= 15 is 0 Å². The summed E-state index contributed by atoms with van der Waals surface area (Å²) < 4.78 is 0. The standard InChI is InChI=1S/C24H29NOS3/c1-4-5-6-7-8-9-14-25-15-18-21(24(25)26)23(20-13-11-17(3)28-20)29-22(18)19-12-10-16(2)27-19/h10-13H,4-9,14-15H2,1-3H3. The molecule has 1 aliphatic rings. The lowest BCUT2D eigenvalue weighted by atomic mass is 10.1. The highest BCUT2D eigenvalue weighted by Crippen LogP contribution is 2.49. The van der Waals surface area contributed by atoms with Gasteiger partial charge in [-0.1, -0.05) is 39.0 Å². The van der Waals surface area contributed by atoms with Crippen LogP contribution >= 0.6 is 34.0 Å². The number of hydrogen-bond acceptors (Lipinski definition) is 4. The molecule has 0 spiro atoms. The number of amides is 1. The summed E-state index contributed by atoms with van der Waals surface area (Å²) >= 11 is 5.44. The monoisotopic (exact) mass is 443 g/mol. The minimum Gasteiger partial charge on any atom is -0.334 e. The molecule has 0 aromatic carbocycles. The molecule has 1 aliphatic heterocycles. The fourth-order valence-corrected chi connectivity index (χ4v) is 7.30. The van der Waals surface area contributed by atoms with E-state index in [1.165, 1.54) is 66.9 Å². The summed E-state index contributed by atoms with van der Waals surface area (Å²) in [5, 5.41) is 0. The Morgan fingerprint density at radius 3 is 2.07 bits per heavy atom. The molecule has 0 aliphatic carbocycles. The molecule has 29 heavy (non-hydrogen) atoms. The fourth-order valence-electron chi connectivity index (χ4n) is 4.01. The molecule has 0 N–H and O–H groups in total. The molecule has 2 nitrogen and oxygen atoms in total. The number of thiophene rings is 3. The number of rotatable bonds is 9. The third kappa shape index (κ3) is 4.37. The van der Waals surface area contributed by atoms with Crippen molar-refractivity contribution < 1.29 is 4.79 Å². The number of unbranched alkanes of at least 4 members (excludes halogenated alkanes) is 5. The number of aryl methyl sites for hydroxylation is 2. The van der Waals surface area contributed by atoms with Crippen LogP contribution in [0.1, 0.15) is 71.1 Å². The molecule has 0 unspecified atom stereocenters. The van der Waals surface area contributed by atoms with Gasteiger partial charge in [-0.25, -0.2) is 0 Å². The topological polar surface area (TPSA) is 20.3 Å². The van der Waals surface area contributed by atoms with Crippen molar-refractivity contribution in [3.63, 3.8) is 0 Å². The van der Waals surface area contributed by atoms with Gasteiger partial charge in [0, 0.05) is 38.2 Å². The SMILES string of the molecule is CCCCCCCCN1Cc2c(-c3ccc(C)s3)sc(-c3ccc(C)s3)c2C1=O. The highest BCUT2D eigenvalue weighted by atomic mass is 32.1. The molecule has 0 fully saturated rings. The van der Waals surface area contributed by atoms with Crippen molar-refractivity contribution in [2.75, 3.05) is 6.54 Å². The normalized spacial score (nSPS) is 13.5. The quantitative estimate of drug-likeness (QED) is 0.306. The van der Waals surface area contributed by atoms with Gasteiger partial charge in [-0.15, -0.1) is 34.0 Å². The second kappa shape index (κ2) is 9.15. The van der Waals surface area contributed by atoms with Crippen molar-refractivity contribution in [2.45, 2.75) is 65.8 Å². The Balaban J connectivity index is 1.58. The van der Waals surface area contributed by atoms with Crippen molar-refractivity contribution in [2.24, 2.45) is 0 Å². The van der Waals surface area contributed by atoms with Crippen molar-refractivity contribution in [3.8, 4) is 19.5 Å². The molecule has 4 rings (SSSR count). The zero-order chi connectivity index (χ0) is 20.4. The number of nitrogens with zero attached hydrogens (tertiary/aromatic N) is 1. The molecule has 4 heterocycles. The lowest BCUT2D eigenvalue weighted by Gasteiger charge is -2.16. The molecule has 0 atom stereocenters. The average molecular weight is 444 g/mol. The predicted octanol–water partition coefficient (Wildman–Crippen LogP) is 8.14. The Bertz CT molecular complexity index is 994. The maximum absolute atomic E-state index is 13.4. The Morgan fingerprint density at radius 2 is 1.45 bits per heavy atom. The van der Waals surface area contributed by atoms with Crippen LogP contribution in [0.15, 0.2) is 24.3 Å². The maximum Gasteiger partial charge on any atom is 0.256 e. The summed E-state index contributed by atoms with van der Waals surface area (Å²) in [6.07, 6.45) is 7.56. The summed E-state index contributed by atoms with van der Waals surface area (Å²) in [5.74, 6) is 0.241. The molecular weight excluding hydrogens is 414 g/mol. The summed E-state index contributed by atoms with van der Waals surface area (Å²) in [6.45, 7) is 8.20. The summed E-state index contributed by atoms with van der Waals surface area (Å²) in [4.78, 5) is 23.1. The van der Waals surface area contributed by atoms with Crippen LogP contribution in [0.2, 0.25) is 0 Å². The van der Waals surface area contributed by atoms with Crippen LogP contribution in [0.4, 0.5) is 0 Å². The minimum absolute atomic E-state index is 0.241. The van der Waals surface area contributed by atoms with Crippen molar-refractivity contribution in [3.05, 3.63) is 45.1 Å². The second-order valence-electron chi connectivity index (χ2n) is 7.93. The molecule has 0 saturated heterocycles. The van der Waals surface area contributed by atoms with Crippen LogP contribution in [-0.4, -0.2) is 17.4 Å². The van der Waals surface area contributed by atoms with Gasteiger partial charge in [-0.3, -0.25) is 4.79 Å². The van der Waals surface area contributed by atoms with E-state index in [-0.39, 0.29) is 5.91 Å². The molecule has 3 aromatic rings. The van der Waals surface area contributed by atoms with E-state index < -0.39 is 0 Å². The molecule has 0 saturated carbocycles. The molecule has 1 amide bonds. The van der Waals surface area contributed by atoms with Crippen molar-refractivity contribution in [1.29, 1.82) is 0 Å². The zero-order valence-corrected chi connectivity index (χ0v) is 20.0. The maximum atomic E-state index is 13.4. The van der Waals surface area contributed by atoms with E-state index in [1.54, 1.807) is 11.3 Å². The van der Waals surface area contributed by atoms with Crippen molar-refractivity contribution in [1.82, 2.24) is 4.90 Å². The largest absolute Gasteiger partial charge is 0.334 e. The molecule has 0 radical (unpaired) electrons. The first kappa shape index (κ1) is 20.8. The summed E-state index contributed by atoms with van der Waals surface area (Å²) in [5.41, 5.74) is 2.23. The van der Waals surface area contributed by atoms with Gasteiger partial charge < -0.3 is 4.90 Å². The van der Waals surface area contributed by atoms with E-state index in [2.05, 4.69) is 49.9 Å². The Kier molecular flexibility index (Phi) is 6.57. The van der Waals surface area contributed by atoms with Gasteiger partial charge in [0.25, 0.3) is 5.91 Å². The van der Waals surface area contributed by atoms with Crippen LogP contribution in [0, 0.1) is 13.8 Å². The van der Waals surface area contributed by atoms with Crippen LogP contribution in [0.3, 0.4) is 0 Å². The Hall–Kier alpha value is -1.43. The molecule has 3 aromatic heterocycles. The van der Waals surface area contributed by atoms with Gasteiger partial charge >= 0.3 is 0 Å². The second-order valence-corrected chi connectivity index (χ2v) is 11.5. The first-order valence-electron chi connectivity index (χ1n) is 10.7. The Morgan fingerprint density at radius 1 is 0.828 bits per heavy atom. The highest BCUT2D eigenvalue weighted by molar-refractivity contribution is 7.27. The molecular formula is C24H29NOS3. The number of hydrogen-bond donors (Lipinski definition) is 0. The van der Waals surface area contributed by atoms with E-state index in [1.807, 2.05) is 22.7 Å². The van der Waals surface area contributed by atoms with Crippen LogP contribution < -0.4 is 0 Å². The molecule has 5 heteroatoms. The lowest BCUT2D eigenvalue weighted by Crippen LogP contribution is -2.25. The zero-order valence-electron chi connectivity index (χ0n) is 17.5. The van der Waals surface area contributed by atoms with Gasteiger partial charge in [0.1, 0.15) is 0 Å². The summed E-state index contributed by atoms with van der Waals surface area (Å²) in [6, 6.07) is 8.75. The van der Waals surface area contributed by atoms with Gasteiger partial charge in [-0.05, 0) is 44.5 Å². The van der Waals surface area contributed by atoms with Crippen LogP contribution in [-0.2, 0) is 6.54 Å². The number of carbonyl (C=O) groups excluding carboxylic acids is 1. The van der Waals surface area contributed by atoms with Gasteiger partial charge in [0.05, 0.1) is 15.3 Å². The van der Waals surface area contributed by atoms with E-state index in [4.69, 9.17) is 0 Å². The van der Waals surface area contributed by atoms with Crippen molar-refractivity contribution >= 4 is 39.9 Å². The smallest absolute Gasteiger partial charge is 0.256 e. The predicted molar refractivity (Wildman–Crippen MR) is 129 cm³/mol. The van der Waals surface area contributed by atoms with E-state index in [0.29, 0.717) is 0 Å². The fraction of sp³-hybridized carbons (Fsp3) is 0.458. The first-order valence-corrected chi connectivity index (χ1v) is 13.1. The summed E-state index contributed by atoms with van der Waals surface area (Å²) in [7, 11) is 0. The highest BCUT2D eigenvalue weighted by Gasteiger charge is 2.35. The van der Waals surface area contributed by atoms with Gasteiger partial charge in [0.15, 0.2) is 0 Å². The number of carbonyl (C=O) groups is 1. The average Bonchev–Trinajstić information content (AvgIpc) is 3.45. The first-order chi connectivity index (χ1) is 14.1. The molecule has 154 valence electrons. The number of fused-ring (bicyclic) bond motifs is 1. The van der Waals surface area contributed by atoms with E-state index in [9.17, 15) is 4.79 Å². The third-order valence-electron chi connectivity index (χ3n) is 5.57.